The minimum atomic E-state index is -4.74. The first-order chi connectivity index (χ1) is 7.77. The van der Waals surface area contributed by atoms with Crippen LogP contribution in [0.4, 0.5) is 22.0 Å². The van der Waals surface area contributed by atoms with Crippen molar-refractivity contribution in [1.29, 1.82) is 5.26 Å². The lowest BCUT2D eigenvalue weighted by Crippen LogP contribution is -2.11. The largest absolute Gasteiger partial charge is 0.433 e. The van der Waals surface area contributed by atoms with Crippen LogP contribution in [-0.4, -0.2) is 4.98 Å². The monoisotopic (exact) mass is 314 g/mol. The van der Waals surface area contributed by atoms with E-state index >= 15 is 0 Å². The van der Waals surface area contributed by atoms with Crippen LogP contribution in [0.3, 0.4) is 0 Å². The summed E-state index contributed by atoms with van der Waals surface area (Å²) in [6.07, 6.45) is -8.28. The first-order valence-corrected chi connectivity index (χ1v) is 4.98. The van der Waals surface area contributed by atoms with E-state index in [0.29, 0.717) is 6.07 Å². The fourth-order valence-electron chi connectivity index (χ4n) is 1.18. The molecule has 0 fully saturated rings. The number of rotatable bonds is 2. The molecular weight excluding hydrogens is 311 g/mol. The third-order valence-electron chi connectivity index (χ3n) is 1.88. The zero-order valence-electron chi connectivity index (χ0n) is 8.02. The smallest absolute Gasteiger partial charge is 0.236 e. The quantitative estimate of drug-likeness (QED) is 0.614. The van der Waals surface area contributed by atoms with Crippen LogP contribution < -0.4 is 0 Å². The van der Waals surface area contributed by atoms with Gasteiger partial charge >= 0.3 is 6.18 Å². The van der Waals surface area contributed by atoms with E-state index in [0.717, 1.165) is 0 Å². The summed E-state index contributed by atoms with van der Waals surface area (Å²) in [6.45, 7) is 0. The lowest BCUT2D eigenvalue weighted by molar-refractivity contribution is -0.141. The molecule has 2 nitrogen and oxygen atoms in total. The predicted octanol–water partition coefficient (Wildman–Crippen LogP) is 3.87. The van der Waals surface area contributed by atoms with E-state index in [1.54, 1.807) is 0 Å². The molecule has 0 saturated heterocycles. The maximum atomic E-state index is 12.6. The van der Waals surface area contributed by atoms with Gasteiger partial charge in [0, 0.05) is 0 Å². The van der Waals surface area contributed by atoms with Crippen LogP contribution in [0.25, 0.3) is 0 Å². The number of hydrogen-bond acceptors (Lipinski definition) is 2. The molecule has 1 rings (SSSR count). The molecule has 0 unspecified atom stereocenters. The molecular formula is C9H4BrF5N2. The summed E-state index contributed by atoms with van der Waals surface area (Å²) in [5.41, 5.74) is -2.37. The maximum absolute atomic E-state index is 12.6. The highest BCUT2D eigenvalue weighted by molar-refractivity contribution is 9.10. The van der Waals surface area contributed by atoms with Crippen molar-refractivity contribution >= 4 is 15.9 Å². The Balaban J connectivity index is 3.42. The number of alkyl halides is 5. The lowest BCUT2D eigenvalue weighted by atomic mass is 10.1. The molecule has 1 aromatic heterocycles. The molecule has 0 aromatic carbocycles. The van der Waals surface area contributed by atoms with Gasteiger partial charge in [0.1, 0.15) is 10.3 Å². The van der Waals surface area contributed by atoms with E-state index in [9.17, 15) is 22.0 Å². The Morgan fingerprint density at radius 3 is 2.41 bits per heavy atom. The first kappa shape index (κ1) is 13.8. The fraction of sp³-hybridized carbons (Fsp3) is 0.333. The number of halogens is 6. The number of hydrogen-bond donors (Lipinski definition) is 0. The Bertz CT molecular complexity index is 464. The van der Waals surface area contributed by atoms with Gasteiger partial charge in [-0.3, -0.25) is 0 Å². The maximum Gasteiger partial charge on any atom is 0.433 e. The van der Waals surface area contributed by atoms with Gasteiger partial charge in [-0.25, -0.2) is 13.8 Å². The molecule has 17 heavy (non-hydrogen) atoms. The van der Waals surface area contributed by atoms with Gasteiger partial charge in [-0.1, -0.05) is 0 Å². The summed E-state index contributed by atoms with van der Waals surface area (Å²) < 4.78 is 61.7. The molecule has 1 heterocycles. The van der Waals surface area contributed by atoms with Crippen molar-refractivity contribution in [3.63, 3.8) is 0 Å². The van der Waals surface area contributed by atoms with Crippen LogP contribution in [0.1, 0.15) is 23.2 Å². The third kappa shape index (κ3) is 3.12. The number of nitrogens with zero attached hydrogens (tertiary/aromatic N) is 2. The minimum absolute atomic E-state index is 0.378. The summed E-state index contributed by atoms with van der Waals surface area (Å²) in [5, 5.41) is 8.40. The van der Waals surface area contributed by atoms with Gasteiger partial charge in [0.25, 0.3) is 6.43 Å². The fourth-order valence-corrected chi connectivity index (χ4v) is 1.80. The number of pyridine rings is 1. The van der Waals surface area contributed by atoms with E-state index in [-0.39, 0.29) is 5.56 Å². The van der Waals surface area contributed by atoms with Crippen molar-refractivity contribution in [3.05, 3.63) is 27.5 Å². The summed E-state index contributed by atoms with van der Waals surface area (Å²) in [5.74, 6) is 0. The standard InChI is InChI=1S/C9H4BrF5N2/c10-7-6(8(11)12)4(1-2-16)3-5(17-7)9(13,14)15/h3,8H,1H2. The third-order valence-corrected chi connectivity index (χ3v) is 2.48. The predicted molar refractivity (Wildman–Crippen MR) is 51.2 cm³/mol. The molecule has 0 aliphatic carbocycles. The average molecular weight is 315 g/mol. The molecule has 92 valence electrons. The van der Waals surface area contributed by atoms with Crippen LogP contribution >= 0.6 is 15.9 Å². The molecule has 0 amide bonds. The number of aromatic nitrogens is 1. The molecule has 0 aliphatic rings. The van der Waals surface area contributed by atoms with E-state index in [4.69, 9.17) is 5.26 Å². The van der Waals surface area contributed by atoms with Gasteiger partial charge in [0.15, 0.2) is 0 Å². The molecule has 0 atom stereocenters. The average Bonchev–Trinajstić information content (AvgIpc) is 2.15. The molecule has 0 radical (unpaired) electrons. The zero-order chi connectivity index (χ0) is 13.2. The normalized spacial score (nSPS) is 11.6. The number of nitriles is 1. The summed E-state index contributed by atoms with van der Waals surface area (Å²) in [4.78, 5) is 3.01. The second kappa shape index (κ2) is 4.96. The highest BCUT2D eigenvalue weighted by Crippen LogP contribution is 2.35. The second-order valence-corrected chi connectivity index (χ2v) is 3.76. The molecule has 1 aromatic rings. The van der Waals surface area contributed by atoms with Crippen LogP contribution in [0, 0.1) is 11.3 Å². The van der Waals surface area contributed by atoms with E-state index in [1.165, 1.54) is 6.07 Å². The van der Waals surface area contributed by atoms with Gasteiger partial charge in [-0.2, -0.15) is 18.4 Å². The topological polar surface area (TPSA) is 36.7 Å². The Labute approximate surface area is 101 Å². The second-order valence-electron chi connectivity index (χ2n) is 3.00. The Morgan fingerprint density at radius 2 is 2.00 bits per heavy atom. The molecule has 0 N–H and O–H groups in total. The van der Waals surface area contributed by atoms with E-state index < -0.39 is 34.9 Å². The van der Waals surface area contributed by atoms with Crippen molar-refractivity contribution in [2.45, 2.75) is 19.0 Å². The lowest BCUT2D eigenvalue weighted by Gasteiger charge is -2.12. The Hall–Kier alpha value is -1.23. The Kier molecular flexibility index (Phi) is 4.03. The summed E-state index contributed by atoms with van der Waals surface area (Å²) in [7, 11) is 0. The molecule has 0 aliphatic heterocycles. The van der Waals surface area contributed by atoms with Gasteiger partial charge in [0.05, 0.1) is 18.1 Å². The van der Waals surface area contributed by atoms with Gasteiger partial charge in [-0.15, -0.1) is 0 Å². The SMILES string of the molecule is N#CCc1cc(C(F)(F)F)nc(Br)c1C(F)F. The summed E-state index contributed by atoms with van der Waals surface area (Å²) in [6, 6.07) is 2.00. The van der Waals surface area contributed by atoms with Crippen molar-refractivity contribution in [2.24, 2.45) is 0 Å². The van der Waals surface area contributed by atoms with Gasteiger partial charge in [0.2, 0.25) is 0 Å². The highest BCUT2D eigenvalue weighted by Gasteiger charge is 2.34. The van der Waals surface area contributed by atoms with E-state index in [1.807, 2.05) is 0 Å². The molecule has 8 heteroatoms. The van der Waals surface area contributed by atoms with Crippen molar-refractivity contribution in [1.82, 2.24) is 4.98 Å². The van der Waals surface area contributed by atoms with E-state index in [2.05, 4.69) is 20.9 Å². The molecule has 0 saturated carbocycles. The molecule has 0 spiro atoms. The van der Waals surface area contributed by atoms with Crippen LogP contribution in [0.5, 0.6) is 0 Å². The van der Waals surface area contributed by atoms with Crippen molar-refractivity contribution in [2.75, 3.05) is 0 Å². The zero-order valence-corrected chi connectivity index (χ0v) is 9.61. The van der Waals surface area contributed by atoms with Crippen molar-refractivity contribution in [3.8, 4) is 6.07 Å². The summed E-state index contributed by atoms with van der Waals surface area (Å²) >= 11 is 2.56. The van der Waals surface area contributed by atoms with Crippen LogP contribution in [0.15, 0.2) is 10.7 Å². The Morgan fingerprint density at radius 1 is 1.41 bits per heavy atom. The van der Waals surface area contributed by atoms with Gasteiger partial charge in [-0.05, 0) is 27.6 Å². The molecule has 0 bridgehead atoms. The van der Waals surface area contributed by atoms with Crippen LogP contribution in [-0.2, 0) is 12.6 Å². The van der Waals surface area contributed by atoms with Gasteiger partial charge < -0.3 is 0 Å². The van der Waals surface area contributed by atoms with Crippen molar-refractivity contribution < 1.29 is 22.0 Å². The minimum Gasteiger partial charge on any atom is -0.236 e. The van der Waals surface area contributed by atoms with Crippen LogP contribution in [0.2, 0.25) is 0 Å². The highest BCUT2D eigenvalue weighted by atomic mass is 79.9. The first-order valence-electron chi connectivity index (χ1n) is 4.19.